The van der Waals surface area contributed by atoms with Gasteiger partial charge in [-0.2, -0.15) is 0 Å². The van der Waals surface area contributed by atoms with Gasteiger partial charge < -0.3 is 4.74 Å². The number of hydrogen-bond acceptors (Lipinski definition) is 5. The molecule has 1 rings (SSSR count). The Bertz CT molecular complexity index is 548. The number of nitro groups is 1. The molecule has 114 valence electrons. The monoisotopic (exact) mass is 333 g/mol. The van der Waals surface area contributed by atoms with Crippen LogP contribution in [-0.4, -0.2) is 23.1 Å². The Balaban J connectivity index is 2.58. The lowest BCUT2D eigenvalue weighted by molar-refractivity contribution is -0.385. The summed E-state index contributed by atoms with van der Waals surface area (Å²) in [7, 11) is 0. The molecule has 0 spiro atoms. The first-order valence-electron chi connectivity index (χ1n) is 6.20. The largest absolute Gasteiger partial charge is 0.493 e. The summed E-state index contributed by atoms with van der Waals surface area (Å²) in [6.07, 6.45) is 2.74. The smallest absolute Gasteiger partial charge is 0.285 e. The third-order valence-corrected chi connectivity index (χ3v) is 3.18. The molecule has 6 nitrogen and oxygen atoms in total. The highest BCUT2D eigenvalue weighted by atomic mass is 35.5. The molecule has 0 unspecified atom stereocenters. The maximum absolute atomic E-state index is 10.9. The Hall–Kier alpha value is -1.66. The second-order valence-corrected chi connectivity index (χ2v) is 5.06. The standard InChI is InChI=1S/C13H13Cl2NO5/c14-11-6-9(7-12(16(19)20)10(11)8-17)21-5-3-1-2-4-13(15)18/h6-8H,1-5H2. The van der Waals surface area contributed by atoms with Crippen LogP contribution in [0.5, 0.6) is 5.75 Å². The summed E-state index contributed by atoms with van der Waals surface area (Å²) in [6, 6.07) is 2.53. The molecule has 0 saturated carbocycles. The Labute approximate surface area is 131 Å². The van der Waals surface area contributed by atoms with Crippen LogP contribution in [-0.2, 0) is 4.79 Å². The first kappa shape index (κ1) is 17.4. The van der Waals surface area contributed by atoms with Crippen LogP contribution in [0.15, 0.2) is 12.1 Å². The average molecular weight is 334 g/mol. The first-order valence-corrected chi connectivity index (χ1v) is 6.95. The van der Waals surface area contributed by atoms with Gasteiger partial charge in [0.05, 0.1) is 22.6 Å². The van der Waals surface area contributed by atoms with E-state index in [-0.39, 0.29) is 27.3 Å². The Morgan fingerprint density at radius 2 is 2.05 bits per heavy atom. The van der Waals surface area contributed by atoms with Gasteiger partial charge in [-0.25, -0.2) is 0 Å². The van der Waals surface area contributed by atoms with Crippen LogP contribution in [0.3, 0.4) is 0 Å². The zero-order chi connectivity index (χ0) is 15.8. The van der Waals surface area contributed by atoms with Gasteiger partial charge in [0.1, 0.15) is 11.3 Å². The number of unbranched alkanes of at least 4 members (excludes halogenated alkanes) is 2. The number of benzene rings is 1. The van der Waals surface area contributed by atoms with E-state index in [0.717, 1.165) is 12.5 Å². The number of rotatable bonds is 9. The van der Waals surface area contributed by atoms with E-state index in [4.69, 9.17) is 27.9 Å². The Morgan fingerprint density at radius 3 is 2.62 bits per heavy atom. The van der Waals surface area contributed by atoms with Gasteiger partial charge in [0.2, 0.25) is 5.24 Å². The molecule has 0 aliphatic heterocycles. The zero-order valence-electron chi connectivity index (χ0n) is 11.0. The summed E-state index contributed by atoms with van der Waals surface area (Å²) in [6.45, 7) is 0.324. The highest BCUT2D eigenvalue weighted by molar-refractivity contribution is 6.63. The van der Waals surface area contributed by atoms with Gasteiger partial charge >= 0.3 is 0 Å². The molecule has 0 aromatic heterocycles. The lowest BCUT2D eigenvalue weighted by Gasteiger charge is -2.07. The lowest BCUT2D eigenvalue weighted by Crippen LogP contribution is -2.01. The van der Waals surface area contributed by atoms with E-state index in [1.165, 1.54) is 6.07 Å². The molecular formula is C13H13Cl2NO5. The highest BCUT2D eigenvalue weighted by Crippen LogP contribution is 2.30. The fraction of sp³-hybridized carbons (Fsp3) is 0.385. The van der Waals surface area contributed by atoms with Gasteiger partial charge in [0.15, 0.2) is 6.29 Å². The van der Waals surface area contributed by atoms with Gasteiger partial charge in [-0.15, -0.1) is 0 Å². The van der Waals surface area contributed by atoms with Crippen LogP contribution in [0.2, 0.25) is 5.02 Å². The molecule has 0 radical (unpaired) electrons. The van der Waals surface area contributed by atoms with Gasteiger partial charge in [-0.05, 0) is 36.9 Å². The van der Waals surface area contributed by atoms with E-state index in [0.29, 0.717) is 32.2 Å². The molecule has 0 bridgehead atoms. The molecular weight excluding hydrogens is 321 g/mol. The molecule has 0 atom stereocenters. The molecule has 0 aliphatic carbocycles. The molecule has 1 aromatic carbocycles. The van der Waals surface area contributed by atoms with Crippen molar-refractivity contribution in [2.24, 2.45) is 0 Å². The number of ether oxygens (including phenoxy) is 1. The van der Waals surface area contributed by atoms with Crippen molar-refractivity contribution in [3.63, 3.8) is 0 Å². The fourth-order valence-corrected chi connectivity index (χ4v) is 2.05. The Morgan fingerprint density at radius 1 is 1.33 bits per heavy atom. The minimum Gasteiger partial charge on any atom is -0.493 e. The van der Waals surface area contributed by atoms with E-state index in [1.807, 2.05) is 0 Å². The zero-order valence-corrected chi connectivity index (χ0v) is 12.5. The van der Waals surface area contributed by atoms with Gasteiger partial charge in [-0.3, -0.25) is 19.7 Å². The van der Waals surface area contributed by atoms with Crippen molar-refractivity contribution in [2.45, 2.75) is 25.7 Å². The minimum atomic E-state index is -0.686. The number of carbonyl (C=O) groups is 2. The number of nitrogens with zero attached hydrogens (tertiary/aromatic N) is 1. The van der Waals surface area contributed by atoms with Crippen molar-refractivity contribution in [3.8, 4) is 5.75 Å². The molecule has 1 aromatic rings. The van der Waals surface area contributed by atoms with Crippen molar-refractivity contribution in [3.05, 3.63) is 32.8 Å². The van der Waals surface area contributed by atoms with Crippen LogP contribution in [0.1, 0.15) is 36.0 Å². The third kappa shape index (κ3) is 5.69. The second-order valence-electron chi connectivity index (χ2n) is 4.23. The van der Waals surface area contributed by atoms with Crippen molar-refractivity contribution in [2.75, 3.05) is 6.61 Å². The molecule has 0 heterocycles. The van der Waals surface area contributed by atoms with Gasteiger partial charge in [0.25, 0.3) is 5.69 Å². The molecule has 0 N–H and O–H groups in total. The first-order chi connectivity index (χ1) is 9.95. The van der Waals surface area contributed by atoms with E-state index in [9.17, 15) is 19.7 Å². The number of aldehydes is 1. The van der Waals surface area contributed by atoms with Crippen LogP contribution in [0, 0.1) is 10.1 Å². The second kappa shape index (κ2) is 8.59. The average Bonchev–Trinajstić information content (AvgIpc) is 2.41. The lowest BCUT2D eigenvalue weighted by atomic mass is 10.2. The predicted octanol–water partition coefficient (Wildman–Crippen LogP) is 3.77. The van der Waals surface area contributed by atoms with Crippen LogP contribution < -0.4 is 4.74 Å². The summed E-state index contributed by atoms with van der Waals surface area (Å²) in [5, 5.41) is 10.5. The minimum absolute atomic E-state index is 0.0260. The van der Waals surface area contributed by atoms with Gasteiger partial charge in [0, 0.05) is 6.42 Å². The number of hydrogen-bond donors (Lipinski definition) is 0. The van der Waals surface area contributed by atoms with Crippen LogP contribution >= 0.6 is 23.2 Å². The van der Waals surface area contributed by atoms with Crippen molar-refractivity contribution in [1.29, 1.82) is 0 Å². The summed E-state index contributed by atoms with van der Waals surface area (Å²) < 4.78 is 5.36. The maximum atomic E-state index is 10.9. The van der Waals surface area contributed by atoms with Crippen molar-refractivity contribution >= 4 is 40.4 Å². The fourth-order valence-electron chi connectivity index (χ4n) is 1.66. The number of carbonyl (C=O) groups excluding carboxylic acids is 2. The molecule has 21 heavy (non-hydrogen) atoms. The normalized spacial score (nSPS) is 10.2. The SMILES string of the molecule is O=Cc1c(Cl)cc(OCCCCCC(=O)Cl)cc1[N+](=O)[O-]. The molecule has 0 fully saturated rings. The summed E-state index contributed by atoms with van der Waals surface area (Å²) in [4.78, 5) is 31.5. The number of nitro benzene ring substituents is 1. The van der Waals surface area contributed by atoms with Crippen LogP contribution in [0.4, 0.5) is 5.69 Å². The van der Waals surface area contributed by atoms with E-state index < -0.39 is 4.92 Å². The summed E-state index contributed by atoms with van der Waals surface area (Å²) in [5.41, 5.74) is -0.560. The molecule has 0 saturated heterocycles. The molecule has 0 amide bonds. The van der Waals surface area contributed by atoms with E-state index >= 15 is 0 Å². The maximum Gasteiger partial charge on any atom is 0.285 e. The Kier molecular flexibility index (Phi) is 7.11. The summed E-state index contributed by atoms with van der Waals surface area (Å²) in [5.74, 6) is 0.228. The quantitative estimate of drug-likeness (QED) is 0.226. The van der Waals surface area contributed by atoms with E-state index in [1.54, 1.807) is 0 Å². The topological polar surface area (TPSA) is 86.5 Å². The van der Waals surface area contributed by atoms with Crippen molar-refractivity contribution in [1.82, 2.24) is 0 Å². The third-order valence-electron chi connectivity index (χ3n) is 2.68. The molecule has 0 aliphatic rings. The van der Waals surface area contributed by atoms with Crippen LogP contribution in [0.25, 0.3) is 0 Å². The number of halogens is 2. The van der Waals surface area contributed by atoms with E-state index in [2.05, 4.69) is 0 Å². The van der Waals surface area contributed by atoms with Crippen molar-refractivity contribution < 1.29 is 19.2 Å². The summed E-state index contributed by atoms with van der Waals surface area (Å²) >= 11 is 11.0. The highest BCUT2D eigenvalue weighted by Gasteiger charge is 2.18. The van der Waals surface area contributed by atoms with Gasteiger partial charge in [-0.1, -0.05) is 11.6 Å². The molecule has 8 heteroatoms. The predicted molar refractivity (Wildman–Crippen MR) is 78.3 cm³/mol.